The molecule has 3 heteroatoms. The Morgan fingerprint density at radius 1 is 1.54 bits per heavy atom. The van der Waals surface area contributed by atoms with Crippen LogP contribution >= 0.6 is 0 Å². The number of rotatable bonds is 0. The molecule has 2 rings (SSSR count). The molecule has 0 aromatic carbocycles. The van der Waals surface area contributed by atoms with Crippen LogP contribution in [-0.4, -0.2) is 49.8 Å². The second-order valence-corrected chi connectivity index (χ2v) is 4.62. The van der Waals surface area contributed by atoms with Gasteiger partial charge in [0, 0.05) is 19.1 Å². The van der Waals surface area contributed by atoms with Crippen molar-refractivity contribution in [1.82, 2.24) is 10.2 Å². The summed E-state index contributed by atoms with van der Waals surface area (Å²) in [4.78, 5) is 2.38. The summed E-state index contributed by atoms with van der Waals surface area (Å²) in [6, 6.07) is 0.526. The zero-order valence-corrected chi connectivity index (χ0v) is 8.68. The fourth-order valence-electron chi connectivity index (χ4n) is 2.36. The highest BCUT2D eigenvalue weighted by Gasteiger charge is 2.38. The van der Waals surface area contributed by atoms with E-state index in [1.807, 2.05) is 0 Å². The minimum absolute atomic E-state index is 0.125. The van der Waals surface area contributed by atoms with Gasteiger partial charge in [-0.05, 0) is 33.4 Å². The molecule has 2 atom stereocenters. The van der Waals surface area contributed by atoms with Crippen molar-refractivity contribution >= 4 is 0 Å². The van der Waals surface area contributed by atoms with Gasteiger partial charge in [-0.3, -0.25) is 0 Å². The number of hydrogen-bond donors (Lipinski definition) is 1. The average Bonchev–Trinajstić information content (AvgIpc) is 2.11. The third kappa shape index (κ3) is 2.03. The number of likely N-dealkylation sites (N-methyl/N-ethyl adjacent to an activating group) is 1. The molecule has 2 fully saturated rings. The first-order valence-corrected chi connectivity index (χ1v) is 5.26. The van der Waals surface area contributed by atoms with E-state index in [2.05, 4.69) is 24.2 Å². The zero-order valence-electron chi connectivity index (χ0n) is 8.68. The third-order valence-electron chi connectivity index (χ3n) is 3.14. The third-order valence-corrected chi connectivity index (χ3v) is 3.14. The molecular formula is C10H20N2O. The van der Waals surface area contributed by atoms with Crippen LogP contribution in [-0.2, 0) is 4.74 Å². The Bertz CT molecular complexity index is 176. The molecule has 0 amide bonds. The Balaban J connectivity index is 1.95. The molecule has 0 bridgehead atoms. The van der Waals surface area contributed by atoms with Crippen molar-refractivity contribution in [2.45, 2.75) is 31.4 Å². The molecule has 0 aliphatic carbocycles. The summed E-state index contributed by atoms with van der Waals surface area (Å²) in [5.74, 6) is 0. The zero-order chi connectivity index (χ0) is 9.31. The van der Waals surface area contributed by atoms with Crippen molar-refractivity contribution in [3.63, 3.8) is 0 Å². The first-order chi connectivity index (χ1) is 6.20. The molecule has 2 aliphatic heterocycles. The van der Waals surface area contributed by atoms with E-state index < -0.39 is 0 Å². The molecule has 3 nitrogen and oxygen atoms in total. The number of likely N-dealkylation sites (tertiary alicyclic amines) is 1. The van der Waals surface area contributed by atoms with Gasteiger partial charge in [0.1, 0.15) is 0 Å². The first-order valence-electron chi connectivity index (χ1n) is 5.26. The largest absolute Gasteiger partial charge is 0.371 e. The van der Waals surface area contributed by atoms with Crippen molar-refractivity contribution in [2.75, 3.05) is 33.3 Å². The van der Waals surface area contributed by atoms with E-state index in [4.69, 9.17) is 4.74 Å². The van der Waals surface area contributed by atoms with E-state index in [-0.39, 0.29) is 5.60 Å². The summed E-state index contributed by atoms with van der Waals surface area (Å²) in [6.07, 6.45) is 2.49. The SMILES string of the molecule is CC1COC2(CCCN(C)C2)CN1. The minimum atomic E-state index is 0.125. The topological polar surface area (TPSA) is 24.5 Å². The van der Waals surface area contributed by atoms with Gasteiger partial charge in [-0.1, -0.05) is 0 Å². The van der Waals surface area contributed by atoms with Crippen LogP contribution < -0.4 is 5.32 Å². The monoisotopic (exact) mass is 184 g/mol. The van der Waals surface area contributed by atoms with Crippen LogP contribution in [0.3, 0.4) is 0 Å². The molecule has 0 saturated carbocycles. The van der Waals surface area contributed by atoms with Crippen LogP contribution in [0.4, 0.5) is 0 Å². The smallest absolute Gasteiger partial charge is 0.0933 e. The Morgan fingerprint density at radius 3 is 3.00 bits per heavy atom. The first kappa shape index (κ1) is 9.44. The van der Waals surface area contributed by atoms with Gasteiger partial charge in [0.25, 0.3) is 0 Å². The Kier molecular flexibility index (Phi) is 2.58. The molecular weight excluding hydrogens is 164 g/mol. The van der Waals surface area contributed by atoms with Crippen LogP contribution in [0.2, 0.25) is 0 Å². The van der Waals surface area contributed by atoms with Gasteiger partial charge in [-0.2, -0.15) is 0 Å². The summed E-state index contributed by atoms with van der Waals surface area (Å²) < 4.78 is 5.98. The van der Waals surface area contributed by atoms with Crippen molar-refractivity contribution in [3.05, 3.63) is 0 Å². The maximum absolute atomic E-state index is 5.98. The van der Waals surface area contributed by atoms with Crippen molar-refractivity contribution in [1.29, 1.82) is 0 Å². The average molecular weight is 184 g/mol. The molecule has 1 N–H and O–H groups in total. The molecule has 13 heavy (non-hydrogen) atoms. The van der Waals surface area contributed by atoms with Crippen LogP contribution in [0.25, 0.3) is 0 Å². The summed E-state index contributed by atoms with van der Waals surface area (Å²) in [6.45, 7) is 6.39. The number of morpholine rings is 1. The fourth-order valence-corrected chi connectivity index (χ4v) is 2.36. The van der Waals surface area contributed by atoms with Crippen molar-refractivity contribution in [3.8, 4) is 0 Å². The van der Waals surface area contributed by atoms with Crippen LogP contribution in [0.1, 0.15) is 19.8 Å². The van der Waals surface area contributed by atoms with Gasteiger partial charge < -0.3 is 15.0 Å². The highest BCUT2D eigenvalue weighted by molar-refractivity contribution is 4.93. The van der Waals surface area contributed by atoms with Gasteiger partial charge in [-0.25, -0.2) is 0 Å². The van der Waals surface area contributed by atoms with Crippen LogP contribution in [0.15, 0.2) is 0 Å². The van der Waals surface area contributed by atoms with Crippen LogP contribution in [0, 0.1) is 0 Å². The lowest BCUT2D eigenvalue weighted by Crippen LogP contribution is -2.60. The number of nitrogens with one attached hydrogen (secondary N) is 1. The summed E-state index contributed by atoms with van der Waals surface area (Å²) >= 11 is 0. The highest BCUT2D eigenvalue weighted by Crippen LogP contribution is 2.26. The normalized spacial score (nSPS) is 42.5. The summed E-state index contributed by atoms with van der Waals surface area (Å²) in [5.41, 5.74) is 0.125. The van der Waals surface area contributed by atoms with Gasteiger partial charge in [0.05, 0.1) is 12.2 Å². The number of nitrogens with zero attached hydrogens (tertiary/aromatic N) is 1. The Hall–Kier alpha value is -0.120. The Labute approximate surface area is 80.4 Å². The second kappa shape index (κ2) is 3.56. The molecule has 0 aromatic rings. The van der Waals surface area contributed by atoms with Gasteiger partial charge >= 0.3 is 0 Å². The molecule has 0 radical (unpaired) electrons. The lowest BCUT2D eigenvalue weighted by molar-refractivity contribution is -0.113. The predicted molar refractivity (Wildman–Crippen MR) is 52.9 cm³/mol. The molecule has 1 spiro atoms. The van der Waals surface area contributed by atoms with Gasteiger partial charge in [0.2, 0.25) is 0 Å². The van der Waals surface area contributed by atoms with E-state index in [0.29, 0.717) is 6.04 Å². The van der Waals surface area contributed by atoms with E-state index in [1.165, 1.54) is 19.4 Å². The molecule has 2 heterocycles. The Morgan fingerprint density at radius 2 is 2.38 bits per heavy atom. The maximum atomic E-state index is 5.98. The molecule has 2 saturated heterocycles. The van der Waals surface area contributed by atoms with E-state index >= 15 is 0 Å². The van der Waals surface area contributed by atoms with Gasteiger partial charge in [0.15, 0.2) is 0 Å². The lowest BCUT2D eigenvalue weighted by Gasteiger charge is -2.45. The lowest BCUT2D eigenvalue weighted by atomic mass is 9.91. The standard InChI is InChI=1S/C10H20N2O/c1-9-6-13-10(7-11-9)4-3-5-12(2)8-10/h9,11H,3-8H2,1-2H3. The summed E-state index contributed by atoms with van der Waals surface area (Å²) in [5, 5.41) is 3.51. The molecule has 0 aromatic heterocycles. The number of hydrogen-bond acceptors (Lipinski definition) is 3. The van der Waals surface area contributed by atoms with Crippen molar-refractivity contribution in [2.24, 2.45) is 0 Å². The molecule has 76 valence electrons. The quantitative estimate of drug-likeness (QED) is 0.592. The fraction of sp³-hybridized carbons (Fsp3) is 1.00. The predicted octanol–water partition coefficient (Wildman–Crippen LogP) is 0.459. The summed E-state index contributed by atoms with van der Waals surface area (Å²) in [7, 11) is 2.18. The maximum Gasteiger partial charge on any atom is 0.0933 e. The van der Waals surface area contributed by atoms with E-state index in [1.54, 1.807) is 0 Å². The highest BCUT2D eigenvalue weighted by atomic mass is 16.5. The molecule has 2 aliphatic rings. The van der Waals surface area contributed by atoms with E-state index in [0.717, 1.165) is 19.7 Å². The van der Waals surface area contributed by atoms with Crippen LogP contribution in [0.5, 0.6) is 0 Å². The second-order valence-electron chi connectivity index (χ2n) is 4.62. The van der Waals surface area contributed by atoms with Gasteiger partial charge in [-0.15, -0.1) is 0 Å². The van der Waals surface area contributed by atoms with Crippen molar-refractivity contribution < 1.29 is 4.74 Å². The number of piperidine rings is 1. The minimum Gasteiger partial charge on any atom is -0.371 e. The molecule has 2 unspecified atom stereocenters. The van der Waals surface area contributed by atoms with E-state index in [9.17, 15) is 0 Å². The number of ether oxygens (including phenoxy) is 1.